The van der Waals surface area contributed by atoms with E-state index in [9.17, 15) is 18.0 Å². The van der Waals surface area contributed by atoms with Crippen molar-refractivity contribution in [2.24, 2.45) is 0 Å². The topological polar surface area (TPSA) is 86.8 Å². The molecule has 0 aliphatic heterocycles. The van der Waals surface area contributed by atoms with Crippen LogP contribution in [0.2, 0.25) is 0 Å². The molecule has 202 valence electrons. The minimum Gasteiger partial charge on any atom is -0.354 e. The van der Waals surface area contributed by atoms with Crippen LogP contribution >= 0.6 is 0 Å². The molecule has 0 aromatic heterocycles. The molecule has 7 nitrogen and oxygen atoms in total. The lowest BCUT2D eigenvalue weighted by Gasteiger charge is -2.33. The largest absolute Gasteiger partial charge is 0.354 e. The zero-order valence-corrected chi connectivity index (χ0v) is 23.2. The van der Waals surface area contributed by atoms with Gasteiger partial charge in [-0.15, -0.1) is 0 Å². The number of carbonyl (C=O) groups is 2. The molecule has 0 bridgehead atoms. The number of unbranched alkanes of at least 4 members (excludes halogenated alkanes) is 1. The Balaban J connectivity index is 2.00. The number of carbonyl (C=O) groups excluding carboxylic acids is 2. The fraction of sp³-hybridized carbons (Fsp3) is 0.333. The van der Waals surface area contributed by atoms with Crippen LogP contribution in [0.25, 0.3) is 0 Å². The van der Waals surface area contributed by atoms with Crippen LogP contribution in [0.4, 0.5) is 5.69 Å². The van der Waals surface area contributed by atoms with Gasteiger partial charge in [0, 0.05) is 19.5 Å². The third-order valence-electron chi connectivity index (χ3n) is 6.30. The first kappa shape index (κ1) is 28.9. The highest BCUT2D eigenvalue weighted by molar-refractivity contribution is 7.92. The van der Waals surface area contributed by atoms with Crippen LogP contribution in [0, 0.1) is 6.92 Å². The van der Waals surface area contributed by atoms with Gasteiger partial charge in [0.25, 0.3) is 0 Å². The lowest BCUT2D eigenvalue weighted by atomic mass is 10.0. The molecule has 2 amide bonds. The van der Waals surface area contributed by atoms with Gasteiger partial charge in [-0.3, -0.25) is 13.9 Å². The minimum atomic E-state index is -3.77. The van der Waals surface area contributed by atoms with Gasteiger partial charge in [-0.1, -0.05) is 91.7 Å². The fourth-order valence-electron chi connectivity index (χ4n) is 4.16. The summed E-state index contributed by atoms with van der Waals surface area (Å²) in [6.45, 7) is 4.22. The molecule has 3 rings (SSSR count). The van der Waals surface area contributed by atoms with Gasteiger partial charge >= 0.3 is 0 Å². The van der Waals surface area contributed by atoms with Crippen molar-refractivity contribution in [3.63, 3.8) is 0 Å². The molecule has 0 aliphatic carbocycles. The van der Waals surface area contributed by atoms with Crippen molar-refractivity contribution < 1.29 is 18.0 Å². The second-order valence-corrected chi connectivity index (χ2v) is 11.4. The van der Waals surface area contributed by atoms with Crippen LogP contribution in [0.15, 0.2) is 84.9 Å². The first-order valence-electron chi connectivity index (χ1n) is 12.9. The van der Waals surface area contributed by atoms with E-state index in [1.165, 1.54) is 4.90 Å². The monoisotopic (exact) mass is 535 g/mol. The van der Waals surface area contributed by atoms with E-state index in [0.717, 1.165) is 40.1 Å². The second kappa shape index (κ2) is 13.8. The van der Waals surface area contributed by atoms with Crippen LogP contribution in [0.1, 0.15) is 36.5 Å². The highest BCUT2D eigenvalue weighted by Gasteiger charge is 2.32. The van der Waals surface area contributed by atoms with Gasteiger partial charge < -0.3 is 10.2 Å². The van der Waals surface area contributed by atoms with E-state index in [2.05, 4.69) is 5.32 Å². The number of nitrogens with one attached hydrogen (secondary N) is 1. The Morgan fingerprint density at radius 1 is 0.868 bits per heavy atom. The van der Waals surface area contributed by atoms with Crippen LogP contribution < -0.4 is 9.62 Å². The van der Waals surface area contributed by atoms with Crippen LogP contribution in [0.3, 0.4) is 0 Å². The van der Waals surface area contributed by atoms with Crippen molar-refractivity contribution in [1.29, 1.82) is 0 Å². The van der Waals surface area contributed by atoms with Gasteiger partial charge in [0.1, 0.15) is 12.6 Å². The zero-order chi connectivity index (χ0) is 27.5. The Hall–Kier alpha value is -3.65. The number of benzene rings is 3. The Morgan fingerprint density at radius 2 is 1.45 bits per heavy atom. The third-order valence-corrected chi connectivity index (χ3v) is 7.44. The highest BCUT2D eigenvalue weighted by atomic mass is 32.2. The van der Waals surface area contributed by atoms with Crippen molar-refractivity contribution >= 4 is 27.5 Å². The van der Waals surface area contributed by atoms with E-state index < -0.39 is 28.5 Å². The molecule has 38 heavy (non-hydrogen) atoms. The van der Waals surface area contributed by atoms with E-state index in [1.807, 2.05) is 74.5 Å². The van der Waals surface area contributed by atoms with Gasteiger partial charge in [-0.2, -0.15) is 0 Å². The molecule has 8 heteroatoms. The maximum absolute atomic E-state index is 14.0. The molecule has 1 N–H and O–H groups in total. The molecule has 3 aromatic rings. The van der Waals surface area contributed by atoms with Gasteiger partial charge in [0.15, 0.2) is 0 Å². The average molecular weight is 536 g/mol. The quantitative estimate of drug-likeness (QED) is 0.330. The molecule has 0 heterocycles. The Bertz CT molecular complexity index is 1280. The zero-order valence-electron chi connectivity index (χ0n) is 22.3. The van der Waals surface area contributed by atoms with Gasteiger partial charge in [-0.05, 0) is 36.6 Å². The van der Waals surface area contributed by atoms with Crippen molar-refractivity contribution in [3.8, 4) is 0 Å². The van der Waals surface area contributed by atoms with Crippen LogP contribution in [0.5, 0.6) is 0 Å². The summed E-state index contributed by atoms with van der Waals surface area (Å²) < 4.78 is 26.7. The standard InChI is InChI=1S/C30H37N3O4S/c1-4-5-20-31-30(35)28(21-25-12-8-6-9-13-25)32(22-26-14-10-7-11-15-26)29(34)23-33(38(3,36)37)27-18-16-24(2)17-19-27/h6-19,28H,4-5,20-23H2,1-3H3,(H,31,35). The van der Waals surface area contributed by atoms with Crippen molar-refractivity contribution in [3.05, 3.63) is 102 Å². The normalized spacial score (nSPS) is 12.0. The molecular formula is C30H37N3O4S. The second-order valence-electron chi connectivity index (χ2n) is 9.46. The first-order chi connectivity index (χ1) is 18.2. The van der Waals surface area contributed by atoms with Gasteiger partial charge in [0.2, 0.25) is 21.8 Å². The third kappa shape index (κ3) is 8.45. The predicted octanol–water partition coefficient (Wildman–Crippen LogP) is 4.32. The highest BCUT2D eigenvalue weighted by Crippen LogP contribution is 2.21. The summed E-state index contributed by atoms with van der Waals surface area (Å²) in [5.74, 6) is -0.709. The molecule has 0 aliphatic rings. The molecule has 3 aromatic carbocycles. The minimum absolute atomic E-state index is 0.171. The fourth-order valence-corrected chi connectivity index (χ4v) is 5.01. The van der Waals surface area contributed by atoms with Crippen LogP contribution in [-0.2, 0) is 32.6 Å². The summed E-state index contributed by atoms with van der Waals surface area (Å²) in [6, 6.07) is 25.1. The molecular weight excluding hydrogens is 498 g/mol. The number of rotatable bonds is 13. The molecule has 0 fully saturated rings. The van der Waals surface area contributed by atoms with E-state index in [4.69, 9.17) is 0 Å². The number of amides is 2. The van der Waals surface area contributed by atoms with Gasteiger partial charge in [-0.25, -0.2) is 8.42 Å². The lowest BCUT2D eigenvalue weighted by Crippen LogP contribution is -2.53. The number of sulfonamides is 1. The average Bonchev–Trinajstić information content (AvgIpc) is 2.90. The molecule has 0 radical (unpaired) electrons. The van der Waals surface area contributed by atoms with Crippen molar-refractivity contribution in [2.75, 3.05) is 23.7 Å². The Labute approximate surface area is 226 Å². The molecule has 0 saturated heterocycles. The maximum atomic E-state index is 14.0. The van der Waals surface area contributed by atoms with E-state index >= 15 is 0 Å². The SMILES string of the molecule is CCCCNC(=O)C(Cc1ccccc1)N(Cc1ccccc1)C(=O)CN(c1ccc(C)cc1)S(C)(=O)=O. The summed E-state index contributed by atoms with van der Waals surface area (Å²) in [6.07, 6.45) is 3.14. The van der Waals surface area contributed by atoms with Crippen molar-refractivity contribution in [1.82, 2.24) is 10.2 Å². The number of aryl methyl sites for hydroxylation is 1. The molecule has 0 saturated carbocycles. The van der Waals surface area contributed by atoms with E-state index in [-0.39, 0.29) is 12.5 Å². The Morgan fingerprint density at radius 3 is 2.00 bits per heavy atom. The summed E-state index contributed by atoms with van der Waals surface area (Å²) in [5, 5.41) is 2.98. The number of anilines is 1. The molecule has 1 atom stereocenters. The first-order valence-corrected chi connectivity index (χ1v) is 14.7. The van der Waals surface area contributed by atoms with Crippen molar-refractivity contribution in [2.45, 2.75) is 45.7 Å². The smallest absolute Gasteiger partial charge is 0.244 e. The number of hydrogen-bond donors (Lipinski definition) is 1. The van der Waals surface area contributed by atoms with E-state index in [0.29, 0.717) is 18.7 Å². The van der Waals surface area contributed by atoms with Gasteiger partial charge in [0.05, 0.1) is 11.9 Å². The maximum Gasteiger partial charge on any atom is 0.244 e. The number of hydrogen-bond acceptors (Lipinski definition) is 4. The lowest BCUT2D eigenvalue weighted by molar-refractivity contribution is -0.140. The summed E-state index contributed by atoms with van der Waals surface area (Å²) >= 11 is 0. The number of nitrogens with zero attached hydrogens (tertiary/aromatic N) is 2. The van der Waals surface area contributed by atoms with Crippen LogP contribution in [-0.4, -0.2) is 50.5 Å². The summed E-state index contributed by atoms with van der Waals surface area (Å²) in [5.41, 5.74) is 3.14. The molecule has 1 unspecified atom stereocenters. The molecule has 0 spiro atoms. The predicted molar refractivity (Wildman–Crippen MR) is 152 cm³/mol. The summed E-state index contributed by atoms with van der Waals surface area (Å²) in [7, 11) is -3.77. The Kier molecular flexibility index (Phi) is 10.5. The van der Waals surface area contributed by atoms with E-state index in [1.54, 1.807) is 24.3 Å². The summed E-state index contributed by atoms with van der Waals surface area (Å²) in [4.78, 5) is 29.0.